The van der Waals surface area contributed by atoms with Crippen LogP contribution >= 0.6 is 0 Å². The van der Waals surface area contributed by atoms with Crippen molar-refractivity contribution in [3.63, 3.8) is 0 Å². The van der Waals surface area contributed by atoms with E-state index < -0.39 is 8.56 Å². The van der Waals surface area contributed by atoms with Crippen molar-refractivity contribution in [3.8, 4) is 0 Å². The highest BCUT2D eigenvalue weighted by Crippen LogP contribution is 2.24. The zero-order chi connectivity index (χ0) is 14.7. The number of hydrogen-bond donors (Lipinski definition) is 0. The van der Waals surface area contributed by atoms with E-state index in [0.29, 0.717) is 6.10 Å². The van der Waals surface area contributed by atoms with Crippen LogP contribution in [-0.2, 0) is 18.3 Å². The van der Waals surface area contributed by atoms with Gasteiger partial charge in [-0.25, -0.2) is 0 Å². The summed E-state index contributed by atoms with van der Waals surface area (Å²) in [5, 5.41) is 0. The average molecular weight is 305 g/mol. The van der Waals surface area contributed by atoms with Crippen molar-refractivity contribution in [3.05, 3.63) is 0 Å². The standard InChI is InChI=1S/C15H32O4Si/c1-4-7-8-11-20(18-5-2,19-6-3)12-9-10-16-13-15-14-17-15/h15H,4-14H2,1-3H3. The summed E-state index contributed by atoms with van der Waals surface area (Å²) in [4.78, 5) is 0. The van der Waals surface area contributed by atoms with Gasteiger partial charge in [-0.3, -0.25) is 0 Å². The summed E-state index contributed by atoms with van der Waals surface area (Å²) in [6, 6.07) is 2.16. The smallest absolute Gasteiger partial charge is 0.338 e. The summed E-state index contributed by atoms with van der Waals surface area (Å²) < 4.78 is 22.9. The van der Waals surface area contributed by atoms with E-state index in [2.05, 4.69) is 20.8 Å². The van der Waals surface area contributed by atoms with Crippen LogP contribution in [0, 0.1) is 0 Å². The highest BCUT2D eigenvalue weighted by atomic mass is 28.4. The molecule has 1 heterocycles. The quantitative estimate of drug-likeness (QED) is 0.280. The number of unbranched alkanes of at least 4 members (excludes halogenated alkanes) is 2. The van der Waals surface area contributed by atoms with Crippen molar-refractivity contribution in [2.24, 2.45) is 0 Å². The topological polar surface area (TPSA) is 40.2 Å². The van der Waals surface area contributed by atoms with Crippen LogP contribution < -0.4 is 0 Å². The molecule has 0 spiro atoms. The van der Waals surface area contributed by atoms with Crippen LogP contribution in [0.5, 0.6) is 0 Å². The van der Waals surface area contributed by atoms with E-state index in [-0.39, 0.29) is 0 Å². The van der Waals surface area contributed by atoms with Gasteiger partial charge in [-0.05, 0) is 32.4 Å². The van der Waals surface area contributed by atoms with Crippen LogP contribution in [0.25, 0.3) is 0 Å². The van der Waals surface area contributed by atoms with E-state index in [1.807, 2.05) is 0 Å². The molecule has 0 aromatic heterocycles. The van der Waals surface area contributed by atoms with Crippen LogP contribution in [0.15, 0.2) is 0 Å². The zero-order valence-corrected chi connectivity index (χ0v) is 14.5. The monoisotopic (exact) mass is 304 g/mol. The minimum Gasteiger partial charge on any atom is -0.394 e. The predicted octanol–water partition coefficient (Wildman–Crippen LogP) is 3.50. The lowest BCUT2D eigenvalue weighted by Crippen LogP contribution is -2.42. The molecule has 1 aliphatic rings. The van der Waals surface area contributed by atoms with Gasteiger partial charge in [0, 0.05) is 19.8 Å². The Bertz CT molecular complexity index is 228. The lowest BCUT2D eigenvalue weighted by molar-refractivity contribution is 0.112. The van der Waals surface area contributed by atoms with Gasteiger partial charge in [0.25, 0.3) is 0 Å². The lowest BCUT2D eigenvalue weighted by Gasteiger charge is -2.30. The Morgan fingerprint density at radius 2 is 1.65 bits per heavy atom. The third kappa shape index (κ3) is 7.74. The first-order chi connectivity index (χ1) is 9.76. The molecule has 1 aliphatic heterocycles. The first-order valence-corrected chi connectivity index (χ1v) is 10.5. The van der Waals surface area contributed by atoms with Gasteiger partial charge in [0.05, 0.1) is 13.2 Å². The summed E-state index contributed by atoms with van der Waals surface area (Å²) in [6.07, 6.45) is 5.13. The summed E-state index contributed by atoms with van der Waals surface area (Å²) >= 11 is 0. The fraction of sp³-hybridized carbons (Fsp3) is 1.00. The molecule has 1 rings (SSSR count). The molecular weight excluding hydrogens is 272 g/mol. The van der Waals surface area contributed by atoms with Gasteiger partial charge < -0.3 is 18.3 Å². The Morgan fingerprint density at radius 1 is 1.00 bits per heavy atom. The van der Waals surface area contributed by atoms with Gasteiger partial charge in [0.2, 0.25) is 0 Å². The third-order valence-electron chi connectivity index (χ3n) is 3.53. The molecule has 0 amide bonds. The molecule has 1 unspecified atom stereocenters. The Hall–Kier alpha value is 0.0569. The number of hydrogen-bond acceptors (Lipinski definition) is 4. The second-order valence-electron chi connectivity index (χ2n) is 5.37. The third-order valence-corrected chi connectivity index (χ3v) is 7.39. The minimum atomic E-state index is -2.01. The number of epoxide rings is 1. The highest BCUT2D eigenvalue weighted by Gasteiger charge is 2.35. The molecule has 0 aromatic carbocycles. The van der Waals surface area contributed by atoms with Crippen molar-refractivity contribution in [2.45, 2.75) is 64.6 Å². The van der Waals surface area contributed by atoms with E-state index in [1.165, 1.54) is 19.3 Å². The molecule has 1 atom stereocenters. The Kier molecular flexibility index (Phi) is 9.72. The van der Waals surface area contributed by atoms with Crippen LogP contribution in [0.4, 0.5) is 0 Å². The second-order valence-corrected chi connectivity index (χ2v) is 8.77. The summed E-state index contributed by atoms with van der Waals surface area (Å²) in [5.74, 6) is 0. The minimum absolute atomic E-state index is 0.361. The van der Waals surface area contributed by atoms with Gasteiger partial charge in [-0.1, -0.05) is 26.2 Å². The second kappa shape index (κ2) is 10.7. The van der Waals surface area contributed by atoms with Gasteiger partial charge in [0.15, 0.2) is 0 Å². The fourth-order valence-corrected chi connectivity index (χ4v) is 5.88. The van der Waals surface area contributed by atoms with Crippen molar-refractivity contribution in [1.82, 2.24) is 0 Å². The van der Waals surface area contributed by atoms with Crippen molar-refractivity contribution in [2.75, 3.05) is 33.0 Å². The molecule has 1 fully saturated rings. The molecule has 0 aliphatic carbocycles. The molecule has 1 saturated heterocycles. The van der Waals surface area contributed by atoms with Crippen LogP contribution in [0.2, 0.25) is 12.1 Å². The first-order valence-electron chi connectivity index (χ1n) is 8.23. The predicted molar refractivity (Wildman–Crippen MR) is 83.3 cm³/mol. The van der Waals surface area contributed by atoms with E-state index in [0.717, 1.165) is 51.5 Å². The van der Waals surface area contributed by atoms with E-state index in [9.17, 15) is 0 Å². The van der Waals surface area contributed by atoms with E-state index in [1.54, 1.807) is 0 Å². The van der Waals surface area contributed by atoms with E-state index in [4.69, 9.17) is 18.3 Å². The van der Waals surface area contributed by atoms with E-state index >= 15 is 0 Å². The molecule has 0 radical (unpaired) electrons. The SMILES string of the molecule is CCCCC[Si](CCCOCC1CO1)(OCC)OCC. The zero-order valence-electron chi connectivity index (χ0n) is 13.5. The molecule has 0 saturated carbocycles. The van der Waals surface area contributed by atoms with Gasteiger partial charge in [-0.15, -0.1) is 0 Å². The molecule has 0 N–H and O–H groups in total. The largest absolute Gasteiger partial charge is 0.394 e. The Balaban J connectivity index is 2.28. The normalized spacial score (nSPS) is 18.4. The Morgan fingerprint density at radius 3 is 2.20 bits per heavy atom. The molecule has 120 valence electrons. The van der Waals surface area contributed by atoms with Gasteiger partial charge in [-0.2, -0.15) is 0 Å². The fourth-order valence-electron chi connectivity index (χ4n) is 2.45. The van der Waals surface area contributed by atoms with Gasteiger partial charge in [0.1, 0.15) is 6.10 Å². The maximum absolute atomic E-state index is 6.09. The van der Waals surface area contributed by atoms with Crippen molar-refractivity contribution < 1.29 is 18.3 Å². The molecule has 0 aromatic rings. The van der Waals surface area contributed by atoms with Crippen LogP contribution in [0.3, 0.4) is 0 Å². The molecule has 4 nitrogen and oxygen atoms in total. The van der Waals surface area contributed by atoms with Crippen LogP contribution in [0.1, 0.15) is 46.5 Å². The van der Waals surface area contributed by atoms with Gasteiger partial charge >= 0.3 is 8.56 Å². The highest BCUT2D eigenvalue weighted by molar-refractivity contribution is 6.67. The lowest BCUT2D eigenvalue weighted by atomic mass is 10.3. The maximum atomic E-state index is 6.09. The Labute approximate surface area is 125 Å². The molecular formula is C15H32O4Si. The van der Waals surface area contributed by atoms with Crippen molar-refractivity contribution >= 4 is 8.56 Å². The summed E-state index contributed by atoms with van der Waals surface area (Å²) in [7, 11) is -2.01. The average Bonchev–Trinajstić information content (AvgIpc) is 3.23. The molecule has 0 bridgehead atoms. The van der Waals surface area contributed by atoms with Crippen LogP contribution in [-0.4, -0.2) is 47.7 Å². The number of rotatable bonds is 14. The molecule has 20 heavy (non-hydrogen) atoms. The summed E-state index contributed by atoms with van der Waals surface area (Å²) in [6.45, 7) is 10.3. The number of ether oxygens (including phenoxy) is 2. The first kappa shape index (κ1) is 18.1. The molecule has 5 heteroatoms. The maximum Gasteiger partial charge on any atom is 0.338 e. The van der Waals surface area contributed by atoms with Crippen molar-refractivity contribution in [1.29, 1.82) is 0 Å². The summed E-state index contributed by atoms with van der Waals surface area (Å²) in [5.41, 5.74) is 0.